The van der Waals surface area contributed by atoms with Crippen molar-refractivity contribution in [2.45, 2.75) is 6.92 Å². The van der Waals surface area contributed by atoms with Crippen LogP contribution in [0.1, 0.15) is 6.92 Å². The summed E-state index contributed by atoms with van der Waals surface area (Å²) < 4.78 is 0. The number of hydrazone groups is 1. The molecule has 56 valence electrons. The highest BCUT2D eigenvalue weighted by molar-refractivity contribution is 8.06. The number of thioether (sulfide) groups is 1. The average molecular weight is 165 g/mol. The Morgan fingerprint density at radius 1 is 1.91 bits per heavy atom. The molecule has 0 aliphatic carbocycles. The van der Waals surface area contributed by atoms with Crippen LogP contribution in [-0.4, -0.2) is 11.7 Å². The smallest absolute Gasteiger partial charge is 0.115 e. The molecule has 1 aliphatic heterocycles. The average Bonchev–Trinajstić information content (AvgIpc) is 2.50. The van der Waals surface area contributed by atoms with Crippen LogP contribution in [0, 0.1) is 11.3 Å². The van der Waals surface area contributed by atoms with Crippen LogP contribution in [0.25, 0.3) is 0 Å². The molecular weight excluding hydrogens is 158 g/mol. The molecule has 1 rings (SSSR count). The third-order valence-electron chi connectivity index (χ3n) is 1.23. The van der Waals surface area contributed by atoms with Crippen LogP contribution in [0.4, 0.5) is 0 Å². The molecule has 0 amide bonds. The van der Waals surface area contributed by atoms with Gasteiger partial charge in [0.2, 0.25) is 0 Å². The van der Waals surface area contributed by atoms with Crippen LogP contribution in [0.2, 0.25) is 0 Å². The summed E-state index contributed by atoms with van der Waals surface area (Å²) in [5.41, 5.74) is 0.660. The standard InChI is InChI=1S/C7H7N3S/c1-6(5-8)7-10(9-2)3-4-11-7/h3-4H,2H2,1H3/b7-6-. The molecule has 0 bridgehead atoms. The molecule has 0 aromatic heterocycles. The Labute approximate surface area is 69.7 Å². The maximum atomic E-state index is 8.57. The number of rotatable bonds is 1. The fourth-order valence-corrected chi connectivity index (χ4v) is 1.45. The van der Waals surface area contributed by atoms with Crippen LogP contribution in [0.15, 0.2) is 27.3 Å². The highest BCUT2D eigenvalue weighted by Gasteiger charge is 2.13. The third-order valence-corrected chi connectivity index (χ3v) is 2.20. The second-order valence-corrected chi connectivity index (χ2v) is 2.83. The Balaban J connectivity index is 2.93. The molecule has 0 radical (unpaired) electrons. The van der Waals surface area contributed by atoms with Crippen LogP contribution >= 0.6 is 11.8 Å². The Morgan fingerprint density at radius 2 is 2.64 bits per heavy atom. The first kappa shape index (κ1) is 7.89. The van der Waals surface area contributed by atoms with Gasteiger partial charge in [0.1, 0.15) is 5.03 Å². The van der Waals surface area contributed by atoms with Gasteiger partial charge in [-0.25, -0.2) is 5.01 Å². The lowest BCUT2D eigenvalue weighted by Gasteiger charge is -2.09. The fraction of sp³-hybridized carbons (Fsp3) is 0.143. The predicted octanol–water partition coefficient (Wildman–Crippen LogP) is 1.88. The van der Waals surface area contributed by atoms with E-state index >= 15 is 0 Å². The van der Waals surface area contributed by atoms with E-state index in [-0.39, 0.29) is 0 Å². The van der Waals surface area contributed by atoms with E-state index in [2.05, 4.69) is 17.9 Å². The van der Waals surface area contributed by atoms with Crippen molar-refractivity contribution in [3.63, 3.8) is 0 Å². The molecule has 0 N–H and O–H groups in total. The SMILES string of the molecule is C=NN1C=CS/C1=C(/C)C#N. The molecule has 0 atom stereocenters. The largest absolute Gasteiger partial charge is 0.233 e. The van der Waals surface area contributed by atoms with Gasteiger partial charge in [-0.15, -0.1) is 0 Å². The summed E-state index contributed by atoms with van der Waals surface area (Å²) in [7, 11) is 0. The molecule has 0 spiro atoms. The summed E-state index contributed by atoms with van der Waals surface area (Å²) in [6.45, 7) is 5.13. The lowest BCUT2D eigenvalue weighted by molar-refractivity contribution is 0.542. The number of nitrogens with zero attached hydrogens (tertiary/aromatic N) is 3. The van der Waals surface area contributed by atoms with Crippen molar-refractivity contribution in [2.75, 3.05) is 0 Å². The first-order valence-electron chi connectivity index (χ1n) is 2.99. The Morgan fingerprint density at radius 3 is 3.18 bits per heavy atom. The van der Waals surface area contributed by atoms with E-state index in [0.29, 0.717) is 5.57 Å². The van der Waals surface area contributed by atoms with E-state index in [9.17, 15) is 0 Å². The summed E-state index contributed by atoms with van der Waals surface area (Å²) >= 11 is 1.48. The van der Waals surface area contributed by atoms with Gasteiger partial charge in [-0.05, 0) is 12.3 Å². The minimum Gasteiger partial charge on any atom is -0.233 e. The summed E-state index contributed by atoms with van der Waals surface area (Å²) in [5.74, 6) is 0. The van der Waals surface area contributed by atoms with Gasteiger partial charge < -0.3 is 0 Å². The quantitative estimate of drug-likeness (QED) is 0.440. The van der Waals surface area contributed by atoms with Gasteiger partial charge in [0, 0.05) is 12.9 Å². The van der Waals surface area contributed by atoms with Gasteiger partial charge in [-0.1, -0.05) is 11.8 Å². The topological polar surface area (TPSA) is 39.4 Å². The Kier molecular flexibility index (Phi) is 2.34. The van der Waals surface area contributed by atoms with Crippen molar-refractivity contribution in [1.29, 1.82) is 5.26 Å². The Bertz CT molecular complexity index is 272. The normalized spacial score (nSPS) is 19.8. The predicted molar refractivity (Wildman–Crippen MR) is 46.4 cm³/mol. The van der Waals surface area contributed by atoms with Gasteiger partial charge in [-0.3, -0.25) is 0 Å². The molecular formula is C7H7N3S. The highest BCUT2D eigenvalue weighted by Crippen LogP contribution is 2.31. The van der Waals surface area contributed by atoms with Crippen molar-refractivity contribution in [2.24, 2.45) is 5.10 Å². The first-order chi connectivity index (χ1) is 5.29. The molecule has 3 nitrogen and oxygen atoms in total. The van der Waals surface area contributed by atoms with E-state index in [0.717, 1.165) is 5.03 Å². The molecule has 0 unspecified atom stereocenters. The maximum absolute atomic E-state index is 8.57. The molecule has 0 aromatic carbocycles. The lowest BCUT2D eigenvalue weighted by atomic mass is 10.4. The fourth-order valence-electron chi connectivity index (χ4n) is 0.694. The van der Waals surface area contributed by atoms with E-state index in [1.807, 2.05) is 5.41 Å². The maximum Gasteiger partial charge on any atom is 0.115 e. The van der Waals surface area contributed by atoms with Gasteiger partial charge in [-0.2, -0.15) is 10.4 Å². The van der Waals surface area contributed by atoms with Gasteiger partial charge in [0.05, 0.1) is 11.6 Å². The summed E-state index contributed by atoms with van der Waals surface area (Å²) in [6.07, 6.45) is 1.77. The summed E-state index contributed by atoms with van der Waals surface area (Å²) in [6, 6.07) is 2.06. The van der Waals surface area contributed by atoms with E-state index < -0.39 is 0 Å². The van der Waals surface area contributed by atoms with Gasteiger partial charge in [0.15, 0.2) is 0 Å². The zero-order chi connectivity index (χ0) is 8.27. The van der Waals surface area contributed by atoms with Crippen molar-refractivity contribution >= 4 is 18.5 Å². The molecule has 0 fully saturated rings. The van der Waals surface area contributed by atoms with Crippen LogP contribution in [0.3, 0.4) is 0 Å². The molecule has 1 heterocycles. The molecule has 11 heavy (non-hydrogen) atoms. The molecule has 0 aromatic rings. The van der Waals surface area contributed by atoms with Crippen molar-refractivity contribution in [3.05, 3.63) is 22.2 Å². The number of nitriles is 1. The van der Waals surface area contributed by atoms with Crippen molar-refractivity contribution in [3.8, 4) is 6.07 Å². The van der Waals surface area contributed by atoms with Crippen LogP contribution in [-0.2, 0) is 0 Å². The number of allylic oxidation sites excluding steroid dienone is 1. The van der Waals surface area contributed by atoms with E-state index in [4.69, 9.17) is 5.26 Å². The molecule has 4 heteroatoms. The van der Waals surface area contributed by atoms with Gasteiger partial charge >= 0.3 is 0 Å². The van der Waals surface area contributed by atoms with Crippen LogP contribution < -0.4 is 0 Å². The zero-order valence-electron chi connectivity index (χ0n) is 6.11. The summed E-state index contributed by atoms with van der Waals surface area (Å²) in [5, 5.41) is 16.6. The number of hydrogen-bond donors (Lipinski definition) is 0. The van der Waals surface area contributed by atoms with E-state index in [1.54, 1.807) is 18.1 Å². The molecule has 0 saturated heterocycles. The number of hydrogen-bond acceptors (Lipinski definition) is 4. The highest BCUT2D eigenvalue weighted by atomic mass is 32.2. The Hall–Kier alpha value is -1.21. The third kappa shape index (κ3) is 1.44. The van der Waals surface area contributed by atoms with E-state index in [1.165, 1.54) is 11.8 Å². The summed E-state index contributed by atoms with van der Waals surface area (Å²) in [4.78, 5) is 0. The zero-order valence-corrected chi connectivity index (χ0v) is 6.93. The lowest BCUT2D eigenvalue weighted by Crippen LogP contribution is -2.02. The van der Waals surface area contributed by atoms with Crippen molar-refractivity contribution < 1.29 is 0 Å². The van der Waals surface area contributed by atoms with Gasteiger partial charge in [0.25, 0.3) is 0 Å². The monoisotopic (exact) mass is 165 g/mol. The first-order valence-corrected chi connectivity index (χ1v) is 3.87. The van der Waals surface area contributed by atoms with Crippen LogP contribution in [0.5, 0.6) is 0 Å². The minimum atomic E-state index is 0.660. The molecule has 0 saturated carbocycles. The molecule has 1 aliphatic rings. The van der Waals surface area contributed by atoms with Crippen molar-refractivity contribution in [1.82, 2.24) is 5.01 Å². The minimum absolute atomic E-state index is 0.660. The second kappa shape index (κ2) is 3.26. The second-order valence-electron chi connectivity index (χ2n) is 1.93.